The Morgan fingerprint density at radius 1 is 1.47 bits per heavy atom. The lowest BCUT2D eigenvalue weighted by Crippen LogP contribution is -2.30. The molecule has 2 aromatic rings. The number of aromatic nitrogens is 2. The number of amides is 1. The van der Waals surface area contributed by atoms with E-state index in [0.29, 0.717) is 16.6 Å². The summed E-state index contributed by atoms with van der Waals surface area (Å²) >= 11 is 11.9. The van der Waals surface area contributed by atoms with Crippen molar-refractivity contribution in [2.75, 3.05) is 0 Å². The summed E-state index contributed by atoms with van der Waals surface area (Å²) in [7, 11) is 0. The van der Waals surface area contributed by atoms with E-state index < -0.39 is 0 Å². The van der Waals surface area contributed by atoms with Gasteiger partial charge < -0.3 is 5.32 Å². The lowest BCUT2D eigenvalue weighted by molar-refractivity contribution is -0.124. The number of benzene rings is 1. The van der Waals surface area contributed by atoms with Crippen LogP contribution in [0.15, 0.2) is 36.7 Å². The zero-order chi connectivity index (χ0) is 13.8. The highest BCUT2D eigenvalue weighted by atomic mass is 35.5. The van der Waals surface area contributed by atoms with Crippen molar-refractivity contribution in [1.82, 2.24) is 15.1 Å². The van der Waals surface area contributed by atoms with E-state index in [1.54, 1.807) is 48.3 Å². The fraction of sp³-hybridized carbons (Fsp3) is 0.231. The minimum atomic E-state index is -0.360. The molecule has 0 aliphatic rings. The Morgan fingerprint density at radius 2 is 2.26 bits per heavy atom. The van der Waals surface area contributed by atoms with Gasteiger partial charge in [0, 0.05) is 29.0 Å². The van der Waals surface area contributed by atoms with Gasteiger partial charge in [-0.25, -0.2) is 0 Å². The molecule has 0 aliphatic carbocycles. The van der Waals surface area contributed by atoms with Gasteiger partial charge >= 0.3 is 0 Å². The van der Waals surface area contributed by atoms with Gasteiger partial charge in [-0.15, -0.1) is 0 Å². The molecule has 1 aromatic heterocycles. The van der Waals surface area contributed by atoms with Crippen LogP contribution in [-0.2, 0) is 11.3 Å². The first-order chi connectivity index (χ1) is 9.08. The first-order valence-electron chi connectivity index (χ1n) is 5.78. The van der Waals surface area contributed by atoms with Crippen LogP contribution in [0.25, 0.3) is 0 Å². The number of hydrogen-bond donors (Lipinski definition) is 1. The topological polar surface area (TPSA) is 46.9 Å². The van der Waals surface area contributed by atoms with Crippen molar-refractivity contribution in [3.8, 4) is 0 Å². The Kier molecular flexibility index (Phi) is 4.45. The summed E-state index contributed by atoms with van der Waals surface area (Å²) in [5.74, 6) is -0.116. The monoisotopic (exact) mass is 297 g/mol. The largest absolute Gasteiger partial charge is 0.350 e. The smallest absolute Gasteiger partial charge is 0.244 e. The summed E-state index contributed by atoms with van der Waals surface area (Å²) in [4.78, 5) is 12.0. The predicted octanol–water partition coefficient (Wildman–Crippen LogP) is 3.07. The lowest BCUT2D eigenvalue weighted by Gasteiger charge is -2.13. The first-order valence-corrected chi connectivity index (χ1v) is 6.54. The quantitative estimate of drug-likeness (QED) is 0.943. The summed E-state index contributed by atoms with van der Waals surface area (Å²) < 4.78 is 1.60. The van der Waals surface area contributed by atoms with Gasteiger partial charge in [0.15, 0.2) is 0 Å². The number of rotatable bonds is 4. The van der Waals surface area contributed by atoms with Gasteiger partial charge in [0.2, 0.25) is 5.91 Å². The summed E-state index contributed by atoms with van der Waals surface area (Å²) in [5.41, 5.74) is 0.826. The minimum absolute atomic E-state index is 0.116. The van der Waals surface area contributed by atoms with Gasteiger partial charge in [-0.3, -0.25) is 9.48 Å². The number of hydrogen-bond acceptors (Lipinski definition) is 2. The average Bonchev–Trinajstić information content (AvgIpc) is 2.90. The van der Waals surface area contributed by atoms with Crippen LogP contribution in [0.3, 0.4) is 0 Å². The van der Waals surface area contributed by atoms with E-state index in [1.165, 1.54) is 0 Å². The van der Waals surface area contributed by atoms with Crippen LogP contribution in [0.4, 0.5) is 0 Å². The van der Waals surface area contributed by atoms with Gasteiger partial charge in [-0.05, 0) is 30.7 Å². The SMILES string of the molecule is CC(C(=O)NCc1ccc(Cl)cc1Cl)n1cccn1. The molecule has 1 amide bonds. The van der Waals surface area contributed by atoms with Gasteiger partial charge in [0.05, 0.1) is 0 Å². The third kappa shape index (κ3) is 3.49. The Morgan fingerprint density at radius 3 is 2.89 bits per heavy atom. The van der Waals surface area contributed by atoms with Crippen LogP contribution in [0.2, 0.25) is 10.0 Å². The molecule has 0 saturated carbocycles. The molecule has 1 N–H and O–H groups in total. The average molecular weight is 298 g/mol. The normalized spacial score (nSPS) is 12.2. The van der Waals surface area contributed by atoms with E-state index in [4.69, 9.17) is 23.2 Å². The van der Waals surface area contributed by atoms with Crippen LogP contribution < -0.4 is 5.32 Å². The Bertz CT molecular complexity index is 569. The van der Waals surface area contributed by atoms with Crippen molar-refractivity contribution >= 4 is 29.1 Å². The van der Waals surface area contributed by atoms with Crippen LogP contribution in [0.1, 0.15) is 18.5 Å². The molecule has 0 bridgehead atoms. The van der Waals surface area contributed by atoms with Crippen molar-refractivity contribution in [1.29, 1.82) is 0 Å². The van der Waals surface area contributed by atoms with Crippen molar-refractivity contribution in [2.24, 2.45) is 0 Å². The van der Waals surface area contributed by atoms with E-state index in [2.05, 4.69) is 10.4 Å². The number of nitrogens with one attached hydrogen (secondary N) is 1. The van der Waals surface area contributed by atoms with Crippen molar-refractivity contribution in [3.63, 3.8) is 0 Å². The second-order valence-electron chi connectivity index (χ2n) is 4.12. The van der Waals surface area contributed by atoms with Crippen molar-refractivity contribution in [3.05, 3.63) is 52.3 Å². The van der Waals surface area contributed by atoms with Crippen LogP contribution in [-0.4, -0.2) is 15.7 Å². The van der Waals surface area contributed by atoms with E-state index in [9.17, 15) is 4.79 Å². The highest BCUT2D eigenvalue weighted by Crippen LogP contribution is 2.20. The molecule has 0 fully saturated rings. The standard InChI is InChI=1S/C13H13Cl2N3O/c1-9(18-6-2-5-17-18)13(19)16-8-10-3-4-11(14)7-12(10)15/h2-7,9H,8H2,1H3,(H,16,19). The minimum Gasteiger partial charge on any atom is -0.350 e. The molecule has 1 unspecified atom stereocenters. The van der Waals surface area contributed by atoms with E-state index in [1.807, 2.05) is 0 Å². The Labute approximate surface area is 121 Å². The third-order valence-corrected chi connectivity index (χ3v) is 3.36. The number of carbonyl (C=O) groups excluding carboxylic acids is 1. The van der Waals surface area contributed by atoms with Gasteiger partial charge in [0.25, 0.3) is 0 Å². The van der Waals surface area contributed by atoms with E-state index >= 15 is 0 Å². The molecule has 2 rings (SSSR count). The molecular formula is C13H13Cl2N3O. The van der Waals surface area contributed by atoms with Crippen LogP contribution in [0, 0.1) is 0 Å². The molecule has 1 heterocycles. The second-order valence-corrected chi connectivity index (χ2v) is 4.96. The highest BCUT2D eigenvalue weighted by molar-refractivity contribution is 6.35. The molecular weight excluding hydrogens is 285 g/mol. The molecule has 0 spiro atoms. The Balaban J connectivity index is 1.97. The summed E-state index contributed by atoms with van der Waals surface area (Å²) in [6.07, 6.45) is 3.39. The Hall–Kier alpha value is -1.52. The van der Waals surface area contributed by atoms with E-state index in [0.717, 1.165) is 5.56 Å². The van der Waals surface area contributed by atoms with Gasteiger partial charge in [-0.1, -0.05) is 29.3 Å². The van der Waals surface area contributed by atoms with Gasteiger partial charge in [-0.2, -0.15) is 5.10 Å². The zero-order valence-corrected chi connectivity index (χ0v) is 11.8. The third-order valence-electron chi connectivity index (χ3n) is 2.77. The van der Waals surface area contributed by atoms with Crippen LogP contribution in [0.5, 0.6) is 0 Å². The molecule has 4 nitrogen and oxygen atoms in total. The van der Waals surface area contributed by atoms with Crippen molar-refractivity contribution in [2.45, 2.75) is 19.5 Å². The van der Waals surface area contributed by atoms with E-state index in [-0.39, 0.29) is 11.9 Å². The second kappa shape index (κ2) is 6.08. The lowest BCUT2D eigenvalue weighted by atomic mass is 10.2. The fourth-order valence-corrected chi connectivity index (χ4v) is 2.10. The van der Waals surface area contributed by atoms with Crippen LogP contribution >= 0.6 is 23.2 Å². The zero-order valence-electron chi connectivity index (χ0n) is 10.3. The maximum atomic E-state index is 12.0. The predicted molar refractivity (Wildman–Crippen MR) is 75.2 cm³/mol. The summed E-state index contributed by atoms with van der Waals surface area (Å²) in [5, 5.41) is 7.97. The number of halogens is 2. The van der Waals surface area contributed by atoms with Gasteiger partial charge in [0.1, 0.15) is 6.04 Å². The number of carbonyl (C=O) groups is 1. The molecule has 0 saturated heterocycles. The molecule has 19 heavy (non-hydrogen) atoms. The molecule has 0 radical (unpaired) electrons. The first kappa shape index (κ1) is 13.9. The molecule has 1 aromatic carbocycles. The molecule has 100 valence electrons. The fourth-order valence-electron chi connectivity index (χ4n) is 1.62. The maximum Gasteiger partial charge on any atom is 0.244 e. The van der Waals surface area contributed by atoms with Crippen molar-refractivity contribution < 1.29 is 4.79 Å². The highest BCUT2D eigenvalue weighted by Gasteiger charge is 2.14. The molecule has 1 atom stereocenters. The summed E-state index contributed by atoms with van der Waals surface area (Å²) in [6.45, 7) is 2.15. The molecule has 6 heteroatoms. The maximum absolute atomic E-state index is 12.0. The molecule has 0 aliphatic heterocycles. The summed E-state index contributed by atoms with van der Waals surface area (Å²) in [6, 6.07) is 6.61. The number of nitrogens with zero attached hydrogens (tertiary/aromatic N) is 2.